The van der Waals surface area contributed by atoms with Gasteiger partial charge in [-0.2, -0.15) is 0 Å². The van der Waals surface area contributed by atoms with Crippen LogP contribution < -0.4 is 4.90 Å². The first-order chi connectivity index (χ1) is 13.5. The van der Waals surface area contributed by atoms with Crippen LogP contribution in [0.25, 0.3) is 0 Å². The molecule has 2 aliphatic rings. The summed E-state index contributed by atoms with van der Waals surface area (Å²) < 4.78 is 13.3. The van der Waals surface area contributed by atoms with Gasteiger partial charge in [-0.05, 0) is 29.8 Å². The molecule has 4 rings (SSSR count). The molecule has 0 N–H and O–H groups in total. The van der Waals surface area contributed by atoms with E-state index < -0.39 is 5.92 Å². The lowest BCUT2D eigenvalue weighted by Gasteiger charge is -2.38. The molecule has 146 valence electrons. The molecule has 2 saturated heterocycles. The van der Waals surface area contributed by atoms with Gasteiger partial charge in [0.05, 0.1) is 12.0 Å². The van der Waals surface area contributed by atoms with Crippen molar-refractivity contribution in [2.75, 3.05) is 38.1 Å². The van der Waals surface area contributed by atoms with E-state index in [-0.39, 0.29) is 30.1 Å². The van der Waals surface area contributed by atoms with E-state index in [2.05, 4.69) is 17.0 Å². The Kier molecular flexibility index (Phi) is 5.03. The lowest BCUT2D eigenvalue weighted by molar-refractivity contribution is -0.136. The topological polar surface area (TPSA) is 43.9 Å². The average molecular weight is 381 g/mol. The molecule has 6 heteroatoms. The summed E-state index contributed by atoms with van der Waals surface area (Å²) in [6.07, 6.45) is 0.205. The van der Waals surface area contributed by atoms with Crippen molar-refractivity contribution in [3.63, 3.8) is 0 Å². The molecule has 2 aromatic carbocycles. The van der Waals surface area contributed by atoms with Crippen LogP contribution in [-0.4, -0.2) is 54.8 Å². The second-order valence-corrected chi connectivity index (χ2v) is 7.46. The van der Waals surface area contributed by atoms with Crippen LogP contribution >= 0.6 is 0 Å². The fourth-order valence-electron chi connectivity index (χ4n) is 4.27. The zero-order valence-corrected chi connectivity index (χ0v) is 15.9. The predicted molar refractivity (Wildman–Crippen MR) is 105 cm³/mol. The summed E-state index contributed by atoms with van der Waals surface area (Å²) in [5.41, 5.74) is 1.96. The summed E-state index contributed by atoms with van der Waals surface area (Å²) in [5.74, 6) is -0.780. The van der Waals surface area contributed by atoms with Crippen LogP contribution in [0.2, 0.25) is 0 Å². The third-order valence-corrected chi connectivity index (χ3v) is 5.83. The molecule has 2 heterocycles. The number of amides is 2. The molecule has 2 aliphatic heterocycles. The highest BCUT2D eigenvalue weighted by Crippen LogP contribution is 2.38. The normalized spacial score (nSPS) is 22.6. The first-order valence-electron chi connectivity index (χ1n) is 9.64. The SMILES string of the molecule is CN1C(=O)C[C@H](C(=O)N2CCN(c3ccccc3)CC2)[C@H]1c1ccc(F)cc1. The van der Waals surface area contributed by atoms with Gasteiger partial charge >= 0.3 is 0 Å². The lowest BCUT2D eigenvalue weighted by atomic mass is 9.92. The number of nitrogens with zero attached hydrogens (tertiary/aromatic N) is 3. The van der Waals surface area contributed by atoms with E-state index >= 15 is 0 Å². The van der Waals surface area contributed by atoms with Crippen molar-refractivity contribution >= 4 is 17.5 Å². The number of piperazine rings is 1. The molecular weight excluding hydrogens is 357 g/mol. The number of anilines is 1. The molecule has 0 aromatic heterocycles. The van der Waals surface area contributed by atoms with Gasteiger partial charge in [0.15, 0.2) is 0 Å². The van der Waals surface area contributed by atoms with E-state index in [9.17, 15) is 14.0 Å². The third-order valence-electron chi connectivity index (χ3n) is 5.83. The fraction of sp³-hybridized carbons (Fsp3) is 0.364. The average Bonchev–Trinajstić information content (AvgIpc) is 3.03. The van der Waals surface area contributed by atoms with E-state index in [1.165, 1.54) is 12.1 Å². The maximum absolute atomic E-state index is 13.3. The standard InChI is InChI=1S/C22H24FN3O2/c1-24-20(27)15-19(21(24)16-7-9-17(23)10-8-16)22(28)26-13-11-25(12-14-26)18-5-3-2-4-6-18/h2-10,19,21H,11-15H2,1H3/t19-,21+/m0/s1. The Bertz CT molecular complexity index is 848. The third kappa shape index (κ3) is 3.46. The molecule has 0 spiro atoms. The summed E-state index contributed by atoms with van der Waals surface area (Å²) >= 11 is 0. The van der Waals surface area contributed by atoms with Crippen LogP contribution in [-0.2, 0) is 9.59 Å². The maximum atomic E-state index is 13.3. The molecule has 2 fully saturated rings. The van der Waals surface area contributed by atoms with E-state index in [4.69, 9.17) is 0 Å². The number of likely N-dealkylation sites (tertiary alicyclic amines) is 1. The van der Waals surface area contributed by atoms with Gasteiger partial charge in [0.2, 0.25) is 11.8 Å². The monoisotopic (exact) mass is 381 g/mol. The molecule has 0 radical (unpaired) electrons. The van der Waals surface area contributed by atoms with Gasteiger partial charge < -0.3 is 14.7 Å². The summed E-state index contributed by atoms with van der Waals surface area (Å²) in [7, 11) is 1.72. The van der Waals surface area contributed by atoms with Gasteiger partial charge in [-0.25, -0.2) is 4.39 Å². The minimum absolute atomic E-state index is 0.0136. The van der Waals surface area contributed by atoms with Gasteiger partial charge in [0.1, 0.15) is 5.82 Å². The minimum Gasteiger partial charge on any atom is -0.368 e. The molecule has 0 aliphatic carbocycles. The Labute approximate surface area is 164 Å². The van der Waals surface area contributed by atoms with E-state index in [1.54, 1.807) is 24.1 Å². The van der Waals surface area contributed by atoms with Gasteiger partial charge in [0, 0.05) is 45.3 Å². The smallest absolute Gasteiger partial charge is 0.228 e. The molecule has 5 nitrogen and oxygen atoms in total. The van der Waals surface area contributed by atoms with Crippen molar-refractivity contribution in [3.8, 4) is 0 Å². The van der Waals surface area contributed by atoms with Crippen LogP contribution in [0, 0.1) is 11.7 Å². The first kappa shape index (κ1) is 18.5. The van der Waals surface area contributed by atoms with Crippen molar-refractivity contribution < 1.29 is 14.0 Å². The van der Waals surface area contributed by atoms with Crippen molar-refractivity contribution in [1.82, 2.24) is 9.80 Å². The van der Waals surface area contributed by atoms with Gasteiger partial charge in [-0.3, -0.25) is 9.59 Å². The molecule has 2 amide bonds. The predicted octanol–water partition coefficient (Wildman–Crippen LogP) is 2.69. The summed E-state index contributed by atoms with van der Waals surface area (Å²) in [5, 5.41) is 0. The van der Waals surface area contributed by atoms with Crippen LogP contribution in [0.1, 0.15) is 18.0 Å². The Morgan fingerprint density at radius 1 is 0.964 bits per heavy atom. The summed E-state index contributed by atoms with van der Waals surface area (Å²) in [6, 6.07) is 15.9. The Morgan fingerprint density at radius 2 is 1.61 bits per heavy atom. The fourth-order valence-corrected chi connectivity index (χ4v) is 4.27. The minimum atomic E-state index is -0.425. The highest BCUT2D eigenvalue weighted by molar-refractivity contribution is 5.90. The van der Waals surface area contributed by atoms with E-state index in [1.807, 2.05) is 23.1 Å². The van der Waals surface area contributed by atoms with Crippen molar-refractivity contribution in [2.24, 2.45) is 5.92 Å². The molecule has 2 aromatic rings. The number of halogens is 1. The van der Waals surface area contributed by atoms with Crippen LogP contribution in [0.15, 0.2) is 54.6 Å². The number of carbonyl (C=O) groups excluding carboxylic acids is 2. The largest absolute Gasteiger partial charge is 0.368 e. The van der Waals surface area contributed by atoms with Crippen LogP contribution in [0.3, 0.4) is 0 Å². The van der Waals surface area contributed by atoms with E-state index in [0.717, 1.165) is 24.3 Å². The number of hydrogen-bond acceptors (Lipinski definition) is 3. The lowest BCUT2D eigenvalue weighted by Crippen LogP contribution is -2.51. The van der Waals surface area contributed by atoms with Crippen LogP contribution in [0.5, 0.6) is 0 Å². The first-order valence-corrected chi connectivity index (χ1v) is 9.64. The van der Waals surface area contributed by atoms with E-state index in [0.29, 0.717) is 13.1 Å². The summed E-state index contributed by atoms with van der Waals surface area (Å²) in [6.45, 7) is 2.82. The second-order valence-electron chi connectivity index (χ2n) is 7.46. The zero-order valence-electron chi connectivity index (χ0n) is 15.9. The van der Waals surface area contributed by atoms with Crippen molar-refractivity contribution in [3.05, 3.63) is 66.0 Å². The number of rotatable bonds is 3. The van der Waals surface area contributed by atoms with Gasteiger partial charge in [0.25, 0.3) is 0 Å². The number of hydrogen-bond donors (Lipinski definition) is 0. The Hall–Kier alpha value is -2.89. The maximum Gasteiger partial charge on any atom is 0.228 e. The molecule has 0 unspecified atom stereocenters. The number of para-hydroxylation sites is 1. The summed E-state index contributed by atoms with van der Waals surface area (Å²) in [4.78, 5) is 31.3. The van der Waals surface area contributed by atoms with Crippen molar-refractivity contribution in [1.29, 1.82) is 0 Å². The van der Waals surface area contributed by atoms with Gasteiger partial charge in [-0.15, -0.1) is 0 Å². The second kappa shape index (κ2) is 7.62. The van der Waals surface area contributed by atoms with Gasteiger partial charge in [-0.1, -0.05) is 30.3 Å². The number of carbonyl (C=O) groups is 2. The molecule has 0 saturated carbocycles. The molecule has 2 atom stereocenters. The Balaban J connectivity index is 1.47. The molecule has 0 bridgehead atoms. The highest BCUT2D eigenvalue weighted by Gasteiger charge is 2.44. The van der Waals surface area contributed by atoms with Crippen molar-refractivity contribution in [2.45, 2.75) is 12.5 Å². The van der Waals surface area contributed by atoms with Crippen LogP contribution in [0.4, 0.5) is 10.1 Å². The quantitative estimate of drug-likeness (QED) is 0.821. The highest BCUT2D eigenvalue weighted by atomic mass is 19.1. The Morgan fingerprint density at radius 3 is 2.25 bits per heavy atom. The molecular formula is C22H24FN3O2. The number of benzene rings is 2. The molecule has 28 heavy (non-hydrogen) atoms. The zero-order chi connectivity index (χ0) is 19.7.